The molecule has 4 heteroatoms. The minimum atomic E-state index is -0.414. The van der Waals surface area contributed by atoms with E-state index in [1.54, 1.807) is 0 Å². The summed E-state index contributed by atoms with van der Waals surface area (Å²) in [6, 6.07) is 5.81. The van der Waals surface area contributed by atoms with Gasteiger partial charge in [-0.1, -0.05) is 15.9 Å². The number of carbonyl (C=O) groups excluding carboxylic acids is 1. The number of hydrogen-bond donors (Lipinski definition) is 0. The Bertz CT molecular complexity index is 441. The number of likely N-dealkylation sites (tertiary alicyclic amines) is 1. The van der Waals surface area contributed by atoms with Gasteiger partial charge in [0, 0.05) is 17.6 Å². The molecule has 2 rings (SSSR count). The van der Waals surface area contributed by atoms with Crippen LogP contribution in [0, 0.1) is 6.92 Å². The largest absolute Gasteiger partial charge is 0.481 e. The van der Waals surface area contributed by atoms with Gasteiger partial charge in [0.2, 0.25) is 0 Å². The van der Waals surface area contributed by atoms with Crippen LogP contribution in [0.1, 0.15) is 25.3 Å². The van der Waals surface area contributed by atoms with E-state index in [-0.39, 0.29) is 5.91 Å². The van der Waals surface area contributed by atoms with Crippen molar-refractivity contribution in [3.05, 3.63) is 28.2 Å². The molecule has 1 aromatic rings. The predicted molar refractivity (Wildman–Crippen MR) is 74.8 cm³/mol. The Morgan fingerprint density at radius 3 is 2.67 bits per heavy atom. The Labute approximate surface area is 116 Å². The van der Waals surface area contributed by atoms with Crippen LogP contribution in [0.4, 0.5) is 0 Å². The number of amides is 1. The van der Waals surface area contributed by atoms with Gasteiger partial charge in [-0.2, -0.15) is 0 Å². The molecule has 0 bridgehead atoms. The maximum Gasteiger partial charge on any atom is 0.263 e. The van der Waals surface area contributed by atoms with E-state index in [4.69, 9.17) is 4.74 Å². The van der Waals surface area contributed by atoms with Gasteiger partial charge in [-0.05, 0) is 50.5 Å². The normalized spacial score (nSPS) is 16.7. The zero-order valence-electron chi connectivity index (χ0n) is 10.8. The van der Waals surface area contributed by atoms with Gasteiger partial charge in [0.05, 0.1) is 0 Å². The van der Waals surface area contributed by atoms with Crippen molar-refractivity contribution in [1.82, 2.24) is 4.90 Å². The molecule has 0 radical (unpaired) electrons. The van der Waals surface area contributed by atoms with E-state index < -0.39 is 6.10 Å². The summed E-state index contributed by atoms with van der Waals surface area (Å²) in [5.41, 5.74) is 1.03. The molecular formula is C14H18BrNO2. The fourth-order valence-corrected chi connectivity index (χ4v) is 2.66. The van der Waals surface area contributed by atoms with Crippen LogP contribution in [0.5, 0.6) is 5.75 Å². The molecule has 1 unspecified atom stereocenters. The van der Waals surface area contributed by atoms with Gasteiger partial charge >= 0.3 is 0 Å². The number of ether oxygens (including phenoxy) is 1. The first-order valence-electron chi connectivity index (χ1n) is 6.29. The molecule has 1 heterocycles. The summed E-state index contributed by atoms with van der Waals surface area (Å²) in [5.74, 6) is 0.869. The molecule has 1 aliphatic rings. The summed E-state index contributed by atoms with van der Waals surface area (Å²) < 4.78 is 6.78. The first kappa shape index (κ1) is 13.4. The number of aryl methyl sites for hydroxylation is 1. The van der Waals surface area contributed by atoms with E-state index in [1.807, 2.05) is 36.9 Å². The molecule has 0 saturated carbocycles. The Hall–Kier alpha value is -1.03. The molecule has 0 aromatic heterocycles. The van der Waals surface area contributed by atoms with Crippen LogP contribution < -0.4 is 4.74 Å². The Morgan fingerprint density at radius 2 is 2.06 bits per heavy atom. The molecule has 1 amide bonds. The summed E-state index contributed by atoms with van der Waals surface area (Å²) in [4.78, 5) is 14.0. The lowest BCUT2D eigenvalue weighted by Gasteiger charge is -2.22. The highest BCUT2D eigenvalue weighted by Gasteiger charge is 2.24. The van der Waals surface area contributed by atoms with E-state index in [0.717, 1.165) is 41.7 Å². The van der Waals surface area contributed by atoms with Gasteiger partial charge in [-0.25, -0.2) is 0 Å². The molecule has 0 spiro atoms. The van der Waals surface area contributed by atoms with Crippen LogP contribution in [-0.2, 0) is 4.79 Å². The summed E-state index contributed by atoms with van der Waals surface area (Å²) in [7, 11) is 0. The van der Waals surface area contributed by atoms with E-state index in [2.05, 4.69) is 15.9 Å². The van der Waals surface area contributed by atoms with Crippen LogP contribution in [0.3, 0.4) is 0 Å². The summed E-state index contributed by atoms with van der Waals surface area (Å²) in [5, 5.41) is 0. The molecule has 1 fully saturated rings. The van der Waals surface area contributed by atoms with Gasteiger partial charge in [0.15, 0.2) is 6.10 Å². The van der Waals surface area contributed by atoms with Crippen molar-refractivity contribution in [2.75, 3.05) is 13.1 Å². The number of hydrogen-bond acceptors (Lipinski definition) is 2. The van der Waals surface area contributed by atoms with Gasteiger partial charge < -0.3 is 9.64 Å². The van der Waals surface area contributed by atoms with E-state index >= 15 is 0 Å². The van der Waals surface area contributed by atoms with Crippen LogP contribution in [0.15, 0.2) is 22.7 Å². The fourth-order valence-electron chi connectivity index (χ4n) is 2.18. The molecule has 98 valence electrons. The number of nitrogens with zero attached hydrogens (tertiary/aromatic N) is 1. The number of carbonyl (C=O) groups is 1. The van der Waals surface area contributed by atoms with Crippen molar-refractivity contribution < 1.29 is 9.53 Å². The van der Waals surface area contributed by atoms with Gasteiger partial charge in [-0.3, -0.25) is 4.79 Å². The summed E-state index contributed by atoms with van der Waals surface area (Å²) >= 11 is 3.41. The number of rotatable bonds is 3. The van der Waals surface area contributed by atoms with Crippen LogP contribution >= 0.6 is 15.9 Å². The standard InChI is InChI=1S/C14H18BrNO2/c1-10-9-12(15)5-6-13(10)18-11(2)14(17)16-7-3-4-8-16/h5-6,9,11H,3-4,7-8H2,1-2H3. The fraction of sp³-hybridized carbons (Fsp3) is 0.500. The van der Waals surface area contributed by atoms with Crippen molar-refractivity contribution >= 4 is 21.8 Å². The van der Waals surface area contributed by atoms with Crippen molar-refractivity contribution in [1.29, 1.82) is 0 Å². The highest BCUT2D eigenvalue weighted by molar-refractivity contribution is 9.10. The second-order valence-corrected chi connectivity index (χ2v) is 5.62. The van der Waals surface area contributed by atoms with Crippen LogP contribution in [0.2, 0.25) is 0 Å². The lowest BCUT2D eigenvalue weighted by Crippen LogP contribution is -2.38. The number of benzene rings is 1. The zero-order valence-corrected chi connectivity index (χ0v) is 12.4. The van der Waals surface area contributed by atoms with E-state index in [0.29, 0.717) is 0 Å². The molecule has 1 aliphatic heterocycles. The van der Waals surface area contributed by atoms with Crippen LogP contribution in [-0.4, -0.2) is 30.0 Å². The molecule has 18 heavy (non-hydrogen) atoms. The lowest BCUT2D eigenvalue weighted by atomic mass is 10.2. The Morgan fingerprint density at radius 1 is 1.39 bits per heavy atom. The predicted octanol–water partition coefficient (Wildman–Crippen LogP) is 3.15. The topological polar surface area (TPSA) is 29.5 Å². The Kier molecular flexibility index (Phi) is 4.27. The summed E-state index contributed by atoms with van der Waals surface area (Å²) in [6.45, 7) is 5.53. The first-order valence-corrected chi connectivity index (χ1v) is 7.09. The van der Waals surface area contributed by atoms with Crippen molar-refractivity contribution in [3.8, 4) is 5.75 Å². The second kappa shape index (κ2) is 5.74. The lowest BCUT2D eigenvalue weighted by molar-refractivity contribution is -0.136. The molecular weight excluding hydrogens is 294 g/mol. The summed E-state index contributed by atoms with van der Waals surface area (Å²) in [6.07, 6.45) is 1.80. The van der Waals surface area contributed by atoms with Gasteiger partial charge in [0.25, 0.3) is 5.91 Å². The second-order valence-electron chi connectivity index (χ2n) is 4.70. The molecule has 1 atom stereocenters. The zero-order chi connectivity index (χ0) is 13.1. The maximum absolute atomic E-state index is 12.1. The minimum Gasteiger partial charge on any atom is -0.481 e. The average molecular weight is 312 g/mol. The van der Waals surface area contributed by atoms with Crippen molar-refractivity contribution in [3.63, 3.8) is 0 Å². The highest BCUT2D eigenvalue weighted by Crippen LogP contribution is 2.23. The molecule has 1 aromatic carbocycles. The maximum atomic E-state index is 12.1. The van der Waals surface area contributed by atoms with Gasteiger partial charge in [-0.15, -0.1) is 0 Å². The smallest absolute Gasteiger partial charge is 0.263 e. The van der Waals surface area contributed by atoms with E-state index in [9.17, 15) is 4.79 Å². The molecule has 1 saturated heterocycles. The third-order valence-corrected chi connectivity index (χ3v) is 3.70. The SMILES string of the molecule is Cc1cc(Br)ccc1OC(C)C(=O)N1CCCC1. The highest BCUT2D eigenvalue weighted by atomic mass is 79.9. The van der Waals surface area contributed by atoms with Gasteiger partial charge in [0.1, 0.15) is 5.75 Å². The molecule has 0 N–H and O–H groups in total. The Balaban J connectivity index is 2.01. The minimum absolute atomic E-state index is 0.0924. The van der Waals surface area contributed by atoms with Crippen LogP contribution in [0.25, 0.3) is 0 Å². The molecule has 0 aliphatic carbocycles. The third kappa shape index (κ3) is 3.05. The van der Waals surface area contributed by atoms with E-state index in [1.165, 1.54) is 0 Å². The quantitative estimate of drug-likeness (QED) is 0.858. The first-order chi connectivity index (χ1) is 8.58. The molecule has 3 nitrogen and oxygen atoms in total. The number of halogens is 1. The van der Waals surface area contributed by atoms with Crippen molar-refractivity contribution in [2.45, 2.75) is 32.8 Å². The third-order valence-electron chi connectivity index (χ3n) is 3.21. The van der Waals surface area contributed by atoms with Crippen molar-refractivity contribution in [2.24, 2.45) is 0 Å². The monoisotopic (exact) mass is 311 g/mol. The average Bonchev–Trinajstić information content (AvgIpc) is 2.85.